The van der Waals surface area contributed by atoms with E-state index in [4.69, 9.17) is 5.73 Å². The van der Waals surface area contributed by atoms with Crippen LogP contribution in [0.25, 0.3) is 11.2 Å². The van der Waals surface area contributed by atoms with Crippen LogP contribution in [0, 0.1) is 0 Å². The maximum atomic E-state index is 6.32. The summed E-state index contributed by atoms with van der Waals surface area (Å²) in [4.78, 5) is 16.2. The highest BCUT2D eigenvalue weighted by atomic mass is 15.1. The van der Waals surface area contributed by atoms with Gasteiger partial charge in [0.15, 0.2) is 5.65 Å². The zero-order chi connectivity index (χ0) is 13.9. The number of aryl methyl sites for hydroxylation is 1. The van der Waals surface area contributed by atoms with Crippen LogP contribution < -0.4 is 5.73 Å². The SMILES string of the molecule is CCCn1c(C(N)Cc2cnc[nH]2)nc2cccnc21. The zero-order valence-corrected chi connectivity index (χ0v) is 11.5. The van der Waals surface area contributed by atoms with Gasteiger partial charge in [-0.05, 0) is 18.6 Å². The number of rotatable bonds is 5. The molecule has 6 nitrogen and oxygen atoms in total. The summed E-state index contributed by atoms with van der Waals surface area (Å²) in [6.07, 6.45) is 6.96. The fraction of sp³-hybridized carbons (Fsp3) is 0.357. The first-order valence-electron chi connectivity index (χ1n) is 6.83. The number of aromatic nitrogens is 5. The van der Waals surface area contributed by atoms with E-state index in [9.17, 15) is 0 Å². The van der Waals surface area contributed by atoms with Gasteiger partial charge in [-0.1, -0.05) is 6.92 Å². The number of fused-ring (bicyclic) bond motifs is 1. The molecular weight excluding hydrogens is 252 g/mol. The Balaban J connectivity index is 1.98. The number of nitrogens with one attached hydrogen (secondary N) is 1. The van der Waals surface area contributed by atoms with Crippen LogP contribution in [0.15, 0.2) is 30.9 Å². The van der Waals surface area contributed by atoms with Crippen LogP contribution in [0.3, 0.4) is 0 Å². The van der Waals surface area contributed by atoms with Crippen molar-refractivity contribution in [3.05, 3.63) is 42.4 Å². The van der Waals surface area contributed by atoms with E-state index in [2.05, 4.69) is 31.4 Å². The van der Waals surface area contributed by atoms with E-state index in [0.29, 0.717) is 6.42 Å². The second-order valence-corrected chi connectivity index (χ2v) is 4.86. The van der Waals surface area contributed by atoms with Crippen LogP contribution in [0.1, 0.15) is 30.9 Å². The summed E-state index contributed by atoms with van der Waals surface area (Å²) in [6, 6.07) is 3.70. The Labute approximate surface area is 117 Å². The van der Waals surface area contributed by atoms with E-state index in [1.165, 1.54) is 0 Å². The summed E-state index contributed by atoms with van der Waals surface area (Å²) in [7, 11) is 0. The minimum Gasteiger partial charge on any atom is -0.348 e. The smallest absolute Gasteiger partial charge is 0.160 e. The molecular formula is C14H18N6. The molecule has 0 fully saturated rings. The number of hydrogen-bond acceptors (Lipinski definition) is 4. The van der Waals surface area contributed by atoms with Gasteiger partial charge < -0.3 is 15.3 Å². The third kappa shape index (κ3) is 2.30. The minimum absolute atomic E-state index is 0.170. The molecule has 0 radical (unpaired) electrons. The molecule has 0 aliphatic carbocycles. The summed E-state index contributed by atoms with van der Waals surface area (Å²) in [5.41, 5.74) is 9.14. The Morgan fingerprint density at radius 1 is 1.45 bits per heavy atom. The monoisotopic (exact) mass is 270 g/mol. The van der Waals surface area contributed by atoms with Gasteiger partial charge in [0, 0.05) is 31.1 Å². The van der Waals surface area contributed by atoms with E-state index in [1.807, 2.05) is 12.1 Å². The van der Waals surface area contributed by atoms with Gasteiger partial charge in [0.05, 0.1) is 12.4 Å². The van der Waals surface area contributed by atoms with Crippen molar-refractivity contribution in [2.24, 2.45) is 5.73 Å². The first-order valence-corrected chi connectivity index (χ1v) is 6.83. The summed E-state index contributed by atoms with van der Waals surface area (Å²) in [5, 5.41) is 0. The topological polar surface area (TPSA) is 85.4 Å². The quantitative estimate of drug-likeness (QED) is 0.740. The van der Waals surface area contributed by atoms with Crippen LogP contribution in [0.5, 0.6) is 0 Å². The molecule has 3 aromatic rings. The van der Waals surface area contributed by atoms with Gasteiger partial charge >= 0.3 is 0 Å². The summed E-state index contributed by atoms with van der Waals surface area (Å²) < 4.78 is 2.12. The number of H-pyrrole nitrogens is 1. The van der Waals surface area contributed by atoms with Crippen molar-refractivity contribution in [3.63, 3.8) is 0 Å². The molecule has 0 aliphatic heterocycles. The zero-order valence-electron chi connectivity index (χ0n) is 11.5. The summed E-state index contributed by atoms with van der Waals surface area (Å²) in [6.45, 7) is 3.01. The molecule has 1 unspecified atom stereocenters. The minimum atomic E-state index is -0.170. The van der Waals surface area contributed by atoms with Crippen LogP contribution in [0.4, 0.5) is 0 Å². The van der Waals surface area contributed by atoms with Crippen LogP contribution in [0.2, 0.25) is 0 Å². The third-order valence-electron chi connectivity index (χ3n) is 3.31. The van der Waals surface area contributed by atoms with Crippen LogP contribution in [-0.2, 0) is 13.0 Å². The van der Waals surface area contributed by atoms with E-state index in [1.54, 1.807) is 18.7 Å². The van der Waals surface area contributed by atoms with Crippen molar-refractivity contribution < 1.29 is 0 Å². The second kappa shape index (κ2) is 5.42. The Morgan fingerprint density at radius 2 is 2.35 bits per heavy atom. The summed E-state index contributed by atoms with van der Waals surface area (Å²) in [5.74, 6) is 0.884. The van der Waals surface area contributed by atoms with Gasteiger partial charge in [-0.2, -0.15) is 0 Å². The molecule has 0 bridgehead atoms. The molecule has 104 valence electrons. The van der Waals surface area contributed by atoms with Crippen molar-refractivity contribution in [3.8, 4) is 0 Å². The molecule has 3 aromatic heterocycles. The first-order chi connectivity index (χ1) is 9.79. The molecule has 0 aromatic carbocycles. The molecule has 3 rings (SSSR count). The second-order valence-electron chi connectivity index (χ2n) is 4.86. The lowest BCUT2D eigenvalue weighted by Crippen LogP contribution is -2.19. The molecule has 20 heavy (non-hydrogen) atoms. The van der Waals surface area contributed by atoms with Gasteiger partial charge in [0.2, 0.25) is 0 Å². The molecule has 0 spiro atoms. The van der Waals surface area contributed by atoms with Crippen molar-refractivity contribution in [2.75, 3.05) is 0 Å². The summed E-state index contributed by atoms with van der Waals surface area (Å²) >= 11 is 0. The fourth-order valence-electron chi connectivity index (χ4n) is 2.43. The van der Waals surface area contributed by atoms with Gasteiger partial charge in [-0.15, -0.1) is 0 Å². The normalized spacial score (nSPS) is 12.9. The highest BCUT2D eigenvalue weighted by Crippen LogP contribution is 2.20. The average molecular weight is 270 g/mol. The largest absolute Gasteiger partial charge is 0.348 e. The maximum absolute atomic E-state index is 6.32. The van der Waals surface area contributed by atoms with Crippen molar-refractivity contribution in [2.45, 2.75) is 32.4 Å². The Hall–Kier alpha value is -2.21. The Morgan fingerprint density at radius 3 is 3.10 bits per heavy atom. The number of pyridine rings is 1. The average Bonchev–Trinajstić information content (AvgIpc) is 3.07. The highest BCUT2D eigenvalue weighted by Gasteiger charge is 2.18. The number of aromatic amines is 1. The lowest BCUT2D eigenvalue weighted by Gasteiger charge is -2.13. The van der Waals surface area contributed by atoms with Crippen molar-refractivity contribution in [1.29, 1.82) is 0 Å². The third-order valence-corrected chi connectivity index (χ3v) is 3.31. The Bertz CT molecular complexity index is 685. The van der Waals surface area contributed by atoms with Crippen LogP contribution in [-0.4, -0.2) is 24.5 Å². The fourth-order valence-corrected chi connectivity index (χ4v) is 2.43. The lowest BCUT2D eigenvalue weighted by molar-refractivity contribution is 0.579. The predicted molar refractivity (Wildman–Crippen MR) is 77.0 cm³/mol. The van der Waals surface area contributed by atoms with Gasteiger partial charge in [0.1, 0.15) is 11.3 Å². The van der Waals surface area contributed by atoms with E-state index in [-0.39, 0.29) is 6.04 Å². The van der Waals surface area contributed by atoms with Gasteiger partial charge in [0.25, 0.3) is 0 Å². The van der Waals surface area contributed by atoms with E-state index >= 15 is 0 Å². The molecule has 3 N–H and O–H groups in total. The molecule has 0 saturated carbocycles. The van der Waals surface area contributed by atoms with Crippen molar-refractivity contribution >= 4 is 11.2 Å². The van der Waals surface area contributed by atoms with Gasteiger partial charge in [-0.25, -0.2) is 15.0 Å². The maximum Gasteiger partial charge on any atom is 0.160 e. The predicted octanol–water partition coefficient (Wildman–Crippen LogP) is 1.81. The lowest BCUT2D eigenvalue weighted by atomic mass is 10.1. The molecule has 0 amide bonds. The van der Waals surface area contributed by atoms with Crippen molar-refractivity contribution in [1.82, 2.24) is 24.5 Å². The molecule has 1 atom stereocenters. The molecule has 3 heterocycles. The number of nitrogens with zero attached hydrogens (tertiary/aromatic N) is 4. The van der Waals surface area contributed by atoms with E-state index < -0.39 is 0 Å². The number of imidazole rings is 2. The van der Waals surface area contributed by atoms with E-state index in [0.717, 1.165) is 35.6 Å². The molecule has 0 aliphatic rings. The standard InChI is InChI=1S/C14H18N6/c1-2-6-20-13(11(15)7-10-8-16-9-18-10)19-12-4-3-5-17-14(12)20/h3-5,8-9,11H,2,6-7,15H2,1H3,(H,16,18). The molecule has 6 heteroatoms. The highest BCUT2D eigenvalue weighted by molar-refractivity contribution is 5.71. The first kappa shape index (κ1) is 12.8. The number of nitrogens with two attached hydrogens (primary N) is 1. The van der Waals surface area contributed by atoms with Crippen LogP contribution >= 0.6 is 0 Å². The molecule has 0 saturated heterocycles. The Kier molecular flexibility index (Phi) is 3.47. The number of hydrogen-bond donors (Lipinski definition) is 2. The van der Waals surface area contributed by atoms with Gasteiger partial charge in [-0.3, -0.25) is 0 Å².